The van der Waals surface area contributed by atoms with E-state index in [-0.39, 0.29) is 10.8 Å². The molecule has 0 unspecified atom stereocenters. The zero-order valence-electron chi connectivity index (χ0n) is 10.3. The number of nitrogen functional groups attached to an aromatic ring is 1. The van der Waals surface area contributed by atoms with Crippen LogP contribution in [0.1, 0.15) is 5.56 Å². The summed E-state index contributed by atoms with van der Waals surface area (Å²) in [5, 5.41) is 0.458. The number of nitrogens with one attached hydrogen (secondary N) is 1. The van der Waals surface area contributed by atoms with E-state index in [2.05, 4.69) is 30.6 Å². The van der Waals surface area contributed by atoms with Crippen LogP contribution in [-0.4, -0.2) is 18.4 Å². The van der Waals surface area contributed by atoms with Crippen LogP contribution >= 0.6 is 27.5 Å². The van der Waals surface area contributed by atoms with Crippen molar-refractivity contribution in [3.63, 3.8) is 0 Å². The molecule has 20 heavy (non-hydrogen) atoms. The van der Waals surface area contributed by atoms with E-state index < -0.39 is 10.0 Å². The molecule has 2 aromatic rings. The molecule has 0 radical (unpaired) electrons. The zero-order chi connectivity index (χ0) is 14.9. The summed E-state index contributed by atoms with van der Waals surface area (Å²) in [6, 6.07) is 3.25. The van der Waals surface area contributed by atoms with Crippen molar-refractivity contribution in [2.45, 2.75) is 11.8 Å². The Kier molecular flexibility index (Phi) is 4.17. The maximum absolute atomic E-state index is 12.2. The number of nitrogens with zero attached hydrogens (tertiary/aromatic N) is 2. The van der Waals surface area contributed by atoms with Crippen LogP contribution < -0.4 is 10.5 Å². The highest BCUT2D eigenvalue weighted by atomic mass is 79.9. The van der Waals surface area contributed by atoms with Gasteiger partial charge >= 0.3 is 0 Å². The van der Waals surface area contributed by atoms with E-state index in [1.54, 1.807) is 6.07 Å². The molecular weight excluding hydrogens is 368 g/mol. The molecule has 0 bridgehead atoms. The minimum absolute atomic E-state index is 0.00325. The molecule has 106 valence electrons. The molecule has 0 saturated heterocycles. The molecule has 1 heterocycles. The van der Waals surface area contributed by atoms with Gasteiger partial charge in [0.15, 0.2) is 0 Å². The van der Waals surface area contributed by atoms with Crippen molar-refractivity contribution in [1.29, 1.82) is 0 Å². The van der Waals surface area contributed by atoms with E-state index in [0.29, 0.717) is 15.2 Å². The molecule has 0 atom stereocenters. The summed E-state index contributed by atoms with van der Waals surface area (Å²) in [4.78, 5) is 7.21. The number of benzene rings is 1. The molecule has 0 spiro atoms. The number of hydrogen-bond acceptors (Lipinski definition) is 5. The second kappa shape index (κ2) is 5.55. The second-order valence-corrected chi connectivity index (χ2v) is 6.91. The number of rotatable bonds is 3. The summed E-state index contributed by atoms with van der Waals surface area (Å²) in [7, 11) is -3.80. The molecule has 0 amide bonds. The van der Waals surface area contributed by atoms with E-state index in [0.717, 1.165) is 18.0 Å². The Hall–Kier alpha value is -1.38. The fraction of sp³-hybridized carbons (Fsp3) is 0.0909. The lowest BCUT2D eigenvalue weighted by atomic mass is 10.2. The molecular formula is C11H10BrClN4O2S. The normalized spacial score (nSPS) is 11.3. The van der Waals surface area contributed by atoms with Crippen LogP contribution in [0.2, 0.25) is 5.02 Å². The van der Waals surface area contributed by atoms with Crippen molar-refractivity contribution in [2.75, 3.05) is 10.5 Å². The molecule has 0 aliphatic heterocycles. The third kappa shape index (κ3) is 3.20. The minimum Gasteiger partial charge on any atom is -0.368 e. The Morgan fingerprint density at radius 3 is 2.50 bits per heavy atom. The van der Waals surface area contributed by atoms with Crippen molar-refractivity contribution >= 4 is 49.2 Å². The molecule has 1 aromatic carbocycles. The largest absolute Gasteiger partial charge is 0.368 e. The maximum Gasteiger partial charge on any atom is 0.265 e. The van der Waals surface area contributed by atoms with Gasteiger partial charge in [0.2, 0.25) is 5.95 Å². The lowest BCUT2D eigenvalue weighted by Crippen LogP contribution is -2.14. The van der Waals surface area contributed by atoms with Gasteiger partial charge < -0.3 is 5.73 Å². The number of anilines is 2. The van der Waals surface area contributed by atoms with Gasteiger partial charge in [-0.25, -0.2) is 18.4 Å². The average Bonchev–Trinajstić information content (AvgIpc) is 2.36. The number of halogens is 2. The quantitative estimate of drug-likeness (QED) is 0.856. The lowest BCUT2D eigenvalue weighted by Gasteiger charge is -2.11. The first-order valence-corrected chi connectivity index (χ1v) is 8.01. The molecule has 1 aromatic heterocycles. The molecule has 2 rings (SSSR count). The van der Waals surface area contributed by atoms with Crippen molar-refractivity contribution in [1.82, 2.24) is 9.97 Å². The van der Waals surface area contributed by atoms with E-state index in [1.807, 2.05) is 6.92 Å². The van der Waals surface area contributed by atoms with Gasteiger partial charge in [-0.2, -0.15) is 0 Å². The summed E-state index contributed by atoms with van der Waals surface area (Å²) in [5.74, 6) is 0.00325. The highest BCUT2D eigenvalue weighted by molar-refractivity contribution is 9.10. The first-order valence-electron chi connectivity index (χ1n) is 5.35. The molecule has 0 fully saturated rings. The van der Waals surface area contributed by atoms with Crippen molar-refractivity contribution in [3.8, 4) is 0 Å². The third-order valence-corrected chi connectivity index (χ3v) is 4.83. The van der Waals surface area contributed by atoms with Crippen LogP contribution in [0.4, 0.5) is 11.6 Å². The predicted molar refractivity (Wildman–Crippen MR) is 81.1 cm³/mol. The number of nitrogens with two attached hydrogens (primary N) is 1. The predicted octanol–water partition coefficient (Wildman–Crippen LogP) is 2.58. The van der Waals surface area contributed by atoms with Gasteiger partial charge in [0.1, 0.15) is 4.90 Å². The van der Waals surface area contributed by atoms with Crippen LogP contribution in [0.5, 0.6) is 0 Å². The fourth-order valence-corrected chi connectivity index (χ4v) is 3.20. The third-order valence-electron chi connectivity index (χ3n) is 2.45. The Labute approximate surface area is 129 Å². The Morgan fingerprint density at radius 1 is 1.30 bits per heavy atom. The van der Waals surface area contributed by atoms with Gasteiger partial charge in [0.25, 0.3) is 10.0 Å². The van der Waals surface area contributed by atoms with Gasteiger partial charge in [-0.1, -0.05) is 11.6 Å². The summed E-state index contributed by atoms with van der Waals surface area (Å²) in [6.45, 7) is 1.82. The Morgan fingerprint density at radius 2 is 1.90 bits per heavy atom. The van der Waals surface area contributed by atoms with Crippen molar-refractivity contribution < 1.29 is 8.42 Å². The van der Waals surface area contributed by atoms with Crippen LogP contribution in [0.3, 0.4) is 0 Å². The number of aryl methyl sites for hydroxylation is 1. The summed E-state index contributed by atoms with van der Waals surface area (Å²) in [5.41, 5.74) is 6.48. The number of aromatic nitrogens is 2. The van der Waals surface area contributed by atoms with Gasteiger partial charge in [0, 0.05) is 9.50 Å². The molecule has 0 aliphatic carbocycles. The van der Waals surface area contributed by atoms with Gasteiger partial charge in [-0.3, -0.25) is 4.72 Å². The highest BCUT2D eigenvalue weighted by Gasteiger charge is 2.17. The Balaban J connectivity index is 2.38. The molecule has 6 nitrogen and oxygen atoms in total. The number of hydrogen-bond donors (Lipinski definition) is 2. The fourth-order valence-electron chi connectivity index (χ4n) is 1.39. The second-order valence-electron chi connectivity index (χ2n) is 3.96. The lowest BCUT2D eigenvalue weighted by molar-refractivity contribution is 0.600. The molecule has 0 saturated carbocycles. The summed E-state index contributed by atoms with van der Waals surface area (Å²) in [6.07, 6.45) is 2.27. The van der Waals surface area contributed by atoms with Crippen LogP contribution in [0.25, 0.3) is 0 Å². The van der Waals surface area contributed by atoms with Crippen LogP contribution in [-0.2, 0) is 10.0 Å². The van der Waals surface area contributed by atoms with Gasteiger partial charge in [-0.15, -0.1) is 0 Å². The van der Waals surface area contributed by atoms with Gasteiger partial charge in [0.05, 0.1) is 18.1 Å². The maximum atomic E-state index is 12.2. The van der Waals surface area contributed by atoms with Crippen molar-refractivity contribution in [2.24, 2.45) is 0 Å². The summed E-state index contributed by atoms with van der Waals surface area (Å²) >= 11 is 9.27. The van der Waals surface area contributed by atoms with Crippen LogP contribution in [0, 0.1) is 6.92 Å². The van der Waals surface area contributed by atoms with E-state index in [1.165, 1.54) is 6.07 Å². The first-order chi connectivity index (χ1) is 9.29. The standard InChI is InChI=1S/C11H10BrClN4O2S/c1-6-2-8(12)10(3-9(6)13)17-20(18,19)7-4-15-11(14)16-5-7/h2-5,17H,1H3,(H2,14,15,16). The SMILES string of the molecule is Cc1cc(Br)c(NS(=O)(=O)c2cnc(N)nc2)cc1Cl. The monoisotopic (exact) mass is 376 g/mol. The topological polar surface area (TPSA) is 98.0 Å². The van der Waals surface area contributed by atoms with E-state index in [9.17, 15) is 8.42 Å². The molecule has 0 aliphatic rings. The average molecular weight is 378 g/mol. The molecule has 9 heteroatoms. The smallest absolute Gasteiger partial charge is 0.265 e. The molecule has 3 N–H and O–H groups in total. The Bertz CT molecular complexity index is 750. The summed E-state index contributed by atoms with van der Waals surface area (Å²) < 4.78 is 27.3. The van der Waals surface area contributed by atoms with Crippen LogP contribution in [0.15, 0.2) is 33.9 Å². The van der Waals surface area contributed by atoms with Crippen molar-refractivity contribution in [3.05, 3.63) is 39.6 Å². The highest BCUT2D eigenvalue weighted by Crippen LogP contribution is 2.30. The zero-order valence-corrected chi connectivity index (χ0v) is 13.4. The minimum atomic E-state index is -3.80. The van der Waals surface area contributed by atoms with E-state index in [4.69, 9.17) is 17.3 Å². The van der Waals surface area contributed by atoms with Gasteiger partial charge in [-0.05, 0) is 40.5 Å². The van der Waals surface area contributed by atoms with E-state index >= 15 is 0 Å². The first kappa shape index (κ1) is 15.0. The number of sulfonamides is 1.